The van der Waals surface area contributed by atoms with Crippen LogP contribution < -0.4 is 10.9 Å². The molecule has 2 nitrogen and oxygen atoms in total. The molecule has 0 radical (unpaired) electrons. The van der Waals surface area contributed by atoms with Crippen LogP contribution in [0, 0.1) is 5.92 Å². The van der Waals surface area contributed by atoms with Gasteiger partial charge in [0.25, 0.3) is 0 Å². The number of H-pyrrole nitrogens is 1. The van der Waals surface area contributed by atoms with Crippen LogP contribution in [-0.2, 0) is 6.42 Å². The molecule has 0 saturated heterocycles. The summed E-state index contributed by atoms with van der Waals surface area (Å²) in [6.07, 6.45) is 10.6. The molecule has 1 heterocycles. The predicted octanol–water partition coefficient (Wildman–Crippen LogP) is 5.98. The Labute approximate surface area is 185 Å². The molecule has 2 aromatic carbocycles. The van der Waals surface area contributed by atoms with Crippen molar-refractivity contribution in [1.82, 2.24) is 9.97 Å². The van der Waals surface area contributed by atoms with Crippen molar-refractivity contribution in [3.8, 4) is 0 Å². The number of nitrogens with zero attached hydrogens (tertiary/aromatic N) is 1. The number of imidazole rings is 1. The molecule has 3 rings (SSSR count). The molecule has 0 unspecified atom stereocenters. The quantitative estimate of drug-likeness (QED) is 0.420. The monoisotopic (exact) mass is 450 g/mol. The van der Waals surface area contributed by atoms with Crippen molar-refractivity contribution in [2.45, 2.75) is 46.4 Å². The zero-order chi connectivity index (χ0) is 20.9. The Hall–Kier alpha value is -2.07. The molecule has 0 amide bonds. The molecule has 0 atom stereocenters. The molecule has 1 N–H and O–H groups in total. The van der Waals surface area contributed by atoms with Crippen molar-refractivity contribution in [1.29, 1.82) is 0 Å². The minimum atomic E-state index is 0.430. The normalized spacial score (nSPS) is 11.1. The minimum absolute atomic E-state index is 0.430. The van der Waals surface area contributed by atoms with Crippen LogP contribution in [0.25, 0.3) is 0 Å². The smallest absolute Gasteiger partial charge is 0.213 e. The van der Waals surface area contributed by atoms with Crippen molar-refractivity contribution in [2.24, 2.45) is 5.92 Å². The second-order valence-corrected chi connectivity index (χ2v) is 9.01. The Morgan fingerprint density at radius 1 is 1.03 bits per heavy atom. The Bertz CT molecular complexity index is 771. The number of hydrogen-bond donors (Lipinski definition) is 1. The molecule has 0 fully saturated rings. The molecule has 1 aromatic heterocycles. The van der Waals surface area contributed by atoms with E-state index in [-0.39, 0.29) is 0 Å². The highest BCUT2D eigenvalue weighted by molar-refractivity contribution is 9.11. The highest BCUT2D eigenvalue weighted by Crippen LogP contribution is 2.08. The Balaban J connectivity index is 0.000000234. The third kappa shape index (κ3) is 9.32. The summed E-state index contributed by atoms with van der Waals surface area (Å²) in [5, 5.41) is 0. The van der Waals surface area contributed by atoms with Crippen LogP contribution in [0.1, 0.15) is 39.3 Å². The summed E-state index contributed by atoms with van der Waals surface area (Å²) in [4.78, 5) is 7.06. The lowest BCUT2D eigenvalue weighted by Gasteiger charge is -2.12. The van der Waals surface area contributed by atoms with Gasteiger partial charge in [0.15, 0.2) is 0 Å². The van der Waals surface area contributed by atoms with E-state index in [1.165, 1.54) is 33.9 Å². The van der Waals surface area contributed by atoms with Crippen LogP contribution >= 0.6 is 15.9 Å². The average Bonchev–Trinajstić information content (AvgIpc) is 3.23. The molecule has 0 aliphatic carbocycles. The second kappa shape index (κ2) is 13.2. The summed E-state index contributed by atoms with van der Waals surface area (Å²) < 4.78 is 1.19. The van der Waals surface area contributed by atoms with Crippen LogP contribution in [0.15, 0.2) is 83.7 Å². The van der Waals surface area contributed by atoms with Crippen LogP contribution in [0.5, 0.6) is 0 Å². The number of allylic oxidation sites excluding steroid dienone is 2. The van der Waals surface area contributed by atoms with Gasteiger partial charge >= 0.3 is 0 Å². The number of hydrogen-bond acceptors (Lipinski definition) is 1. The zero-order valence-electron chi connectivity index (χ0n) is 17.8. The molecule has 0 aliphatic heterocycles. The number of aryl methyl sites for hydroxylation is 1. The van der Waals surface area contributed by atoms with Crippen molar-refractivity contribution in [3.05, 3.63) is 89.4 Å². The lowest BCUT2D eigenvalue weighted by Crippen LogP contribution is -2.41. The van der Waals surface area contributed by atoms with E-state index in [0.29, 0.717) is 6.71 Å². The SMILES string of the molecule is CC(Br)=CCB(c1ccccc1)c1ccccc1.CC(C)CCCc1cnc[nH]1. The molecule has 4 heteroatoms. The highest BCUT2D eigenvalue weighted by atomic mass is 79.9. The van der Waals surface area contributed by atoms with Gasteiger partial charge in [-0.05, 0) is 36.5 Å². The number of nitrogens with one attached hydrogen (secondary N) is 1. The maximum absolute atomic E-state index is 3.96. The second-order valence-electron chi connectivity index (χ2n) is 7.76. The van der Waals surface area contributed by atoms with E-state index in [0.717, 1.165) is 18.7 Å². The molecule has 152 valence electrons. The standard InChI is InChI=1S/C16H16BBr.C9H16N2/c1-14(18)12-13-17(15-8-4-2-5-9-15)16-10-6-3-7-11-16;1-8(2)4-3-5-9-6-10-7-11-9/h2-12H,13H2,1H3;6-8H,3-5H2,1-2H3,(H,10,11). The van der Waals surface area contributed by atoms with E-state index in [9.17, 15) is 0 Å². The highest BCUT2D eigenvalue weighted by Gasteiger charge is 2.16. The number of rotatable bonds is 8. The third-order valence-corrected chi connectivity index (χ3v) is 5.14. The summed E-state index contributed by atoms with van der Waals surface area (Å²) in [5.74, 6) is 0.818. The van der Waals surface area contributed by atoms with Gasteiger partial charge in [0.1, 0.15) is 0 Å². The van der Waals surface area contributed by atoms with Gasteiger partial charge < -0.3 is 4.98 Å². The first-order valence-corrected chi connectivity index (χ1v) is 11.2. The van der Waals surface area contributed by atoms with Crippen molar-refractivity contribution in [2.75, 3.05) is 0 Å². The maximum Gasteiger partial charge on any atom is 0.213 e. The van der Waals surface area contributed by atoms with E-state index in [1.54, 1.807) is 6.33 Å². The van der Waals surface area contributed by atoms with Gasteiger partial charge in [-0.3, -0.25) is 0 Å². The van der Waals surface area contributed by atoms with E-state index in [1.807, 2.05) is 6.20 Å². The summed E-state index contributed by atoms with van der Waals surface area (Å²) in [6.45, 7) is 7.02. The first kappa shape index (κ1) is 23.2. The summed E-state index contributed by atoms with van der Waals surface area (Å²) >= 11 is 3.51. The van der Waals surface area contributed by atoms with E-state index >= 15 is 0 Å². The lowest BCUT2D eigenvalue weighted by atomic mass is 9.39. The molecule has 0 bridgehead atoms. The average molecular weight is 451 g/mol. The van der Waals surface area contributed by atoms with E-state index in [4.69, 9.17) is 0 Å². The summed E-state index contributed by atoms with van der Waals surface area (Å²) in [5.41, 5.74) is 3.99. The summed E-state index contributed by atoms with van der Waals surface area (Å²) in [7, 11) is 0. The first-order chi connectivity index (χ1) is 14.1. The van der Waals surface area contributed by atoms with Gasteiger partial charge in [0.05, 0.1) is 6.33 Å². The van der Waals surface area contributed by atoms with Gasteiger partial charge in [0.2, 0.25) is 6.71 Å². The number of benzene rings is 2. The molecular formula is C25H32BBrN2. The van der Waals surface area contributed by atoms with Crippen LogP contribution in [0.3, 0.4) is 0 Å². The van der Waals surface area contributed by atoms with Gasteiger partial charge in [0, 0.05) is 11.9 Å². The number of aromatic amines is 1. The first-order valence-electron chi connectivity index (χ1n) is 10.5. The fourth-order valence-corrected chi connectivity index (χ4v) is 3.42. The Morgan fingerprint density at radius 2 is 1.62 bits per heavy atom. The fraction of sp³-hybridized carbons (Fsp3) is 0.320. The Kier molecular flexibility index (Phi) is 10.6. The molecule has 0 saturated carbocycles. The zero-order valence-corrected chi connectivity index (χ0v) is 19.4. The minimum Gasteiger partial charge on any atom is -0.348 e. The maximum atomic E-state index is 3.96. The van der Waals surface area contributed by atoms with Crippen LogP contribution in [-0.4, -0.2) is 16.7 Å². The summed E-state index contributed by atoms with van der Waals surface area (Å²) in [6, 6.07) is 21.4. The van der Waals surface area contributed by atoms with E-state index in [2.05, 4.69) is 113 Å². The van der Waals surface area contributed by atoms with Crippen molar-refractivity contribution in [3.63, 3.8) is 0 Å². The Morgan fingerprint density at radius 3 is 2.07 bits per heavy atom. The van der Waals surface area contributed by atoms with E-state index < -0.39 is 0 Å². The molecule has 29 heavy (non-hydrogen) atoms. The predicted molar refractivity (Wildman–Crippen MR) is 132 cm³/mol. The largest absolute Gasteiger partial charge is 0.348 e. The number of halogens is 1. The van der Waals surface area contributed by atoms with Gasteiger partial charge in [-0.15, -0.1) is 0 Å². The molecule has 3 aromatic rings. The van der Waals surface area contributed by atoms with Crippen LogP contribution in [0.2, 0.25) is 6.32 Å². The van der Waals surface area contributed by atoms with Crippen LogP contribution in [0.4, 0.5) is 0 Å². The topological polar surface area (TPSA) is 28.7 Å². The number of aromatic nitrogens is 2. The molecule has 0 spiro atoms. The van der Waals surface area contributed by atoms with Gasteiger partial charge in [-0.1, -0.05) is 114 Å². The third-order valence-electron chi connectivity index (χ3n) is 4.82. The van der Waals surface area contributed by atoms with Crippen molar-refractivity contribution < 1.29 is 0 Å². The molecular weight excluding hydrogens is 419 g/mol. The lowest BCUT2D eigenvalue weighted by molar-refractivity contribution is 0.553. The fourth-order valence-electron chi connectivity index (χ4n) is 3.24. The van der Waals surface area contributed by atoms with Crippen molar-refractivity contribution >= 4 is 33.6 Å². The van der Waals surface area contributed by atoms with Gasteiger partial charge in [-0.25, -0.2) is 4.98 Å². The van der Waals surface area contributed by atoms with Gasteiger partial charge in [-0.2, -0.15) is 0 Å². The molecule has 0 aliphatic rings.